The molecule has 0 heterocycles. The van der Waals surface area contributed by atoms with Gasteiger partial charge in [-0.25, -0.2) is 0 Å². The smallest absolute Gasteiger partial charge is 0.138 e. The molecule has 2 aromatic carbocycles. The van der Waals surface area contributed by atoms with E-state index >= 15 is 0 Å². The van der Waals surface area contributed by atoms with Crippen LogP contribution in [0.15, 0.2) is 58.0 Å². The van der Waals surface area contributed by atoms with Crippen LogP contribution in [0, 0.1) is 0 Å². The number of aromatic hydroxyl groups is 1. The lowest BCUT2D eigenvalue weighted by Crippen LogP contribution is -1.82. The lowest BCUT2D eigenvalue weighted by molar-refractivity contribution is 0.471. The molecule has 0 bridgehead atoms. The third kappa shape index (κ3) is 2.49. The highest BCUT2D eigenvalue weighted by atomic mass is 79.9. The Morgan fingerprint density at radius 1 is 1.00 bits per heavy atom. The monoisotopic (exact) mass is 275 g/mol. The topological polar surface area (TPSA) is 32.6 Å². The molecule has 3 heteroatoms. The largest absolute Gasteiger partial charge is 0.506 e. The molecule has 0 radical (unpaired) electrons. The van der Waals surface area contributed by atoms with Gasteiger partial charge < -0.3 is 5.11 Å². The average molecular weight is 276 g/mol. The number of benzene rings is 2. The number of halogens is 1. The standard InChI is InChI=1S/C13H10BrNO/c14-12-8-4-5-10(13(12)16)9-15-11-6-2-1-3-7-11/h1-9,16H. The van der Waals surface area contributed by atoms with Gasteiger partial charge in [0.2, 0.25) is 0 Å². The van der Waals surface area contributed by atoms with Gasteiger partial charge in [0.05, 0.1) is 10.2 Å². The summed E-state index contributed by atoms with van der Waals surface area (Å²) < 4.78 is 0.671. The van der Waals surface area contributed by atoms with E-state index in [1.54, 1.807) is 12.3 Å². The molecule has 2 rings (SSSR count). The predicted octanol–water partition coefficient (Wildman–Crippen LogP) is 3.91. The fourth-order valence-electron chi connectivity index (χ4n) is 1.29. The lowest BCUT2D eigenvalue weighted by Gasteiger charge is -2.00. The highest BCUT2D eigenvalue weighted by Crippen LogP contribution is 2.26. The van der Waals surface area contributed by atoms with Gasteiger partial charge in [0.1, 0.15) is 5.75 Å². The van der Waals surface area contributed by atoms with Crippen LogP contribution in [0.25, 0.3) is 0 Å². The Morgan fingerprint density at radius 2 is 1.75 bits per heavy atom. The molecule has 0 unspecified atom stereocenters. The third-order valence-electron chi connectivity index (χ3n) is 2.13. The summed E-state index contributed by atoms with van der Waals surface area (Å²) in [5.74, 6) is 0.210. The summed E-state index contributed by atoms with van der Waals surface area (Å²) in [7, 11) is 0. The maximum atomic E-state index is 9.74. The van der Waals surface area contributed by atoms with Crippen LogP contribution in [0.4, 0.5) is 5.69 Å². The van der Waals surface area contributed by atoms with Crippen molar-refractivity contribution in [2.24, 2.45) is 4.99 Å². The first-order valence-corrected chi connectivity index (χ1v) is 5.63. The molecule has 0 aliphatic rings. The van der Waals surface area contributed by atoms with Crippen LogP contribution in [0.1, 0.15) is 5.56 Å². The number of phenols is 1. The second-order valence-corrected chi connectivity index (χ2v) is 4.13. The van der Waals surface area contributed by atoms with E-state index in [1.807, 2.05) is 42.5 Å². The van der Waals surface area contributed by atoms with Gasteiger partial charge in [-0.1, -0.05) is 24.3 Å². The van der Waals surface area contributed by atoms with Gasteiger partial charge in [0, 0.05) is 11.8 Å². The zero-order chi connectivity index (χ0) is 11.4. The highest BCUT2D eigenvalue weighted by Gasteiger charge is 2.01. The summed E-state index contributed by atoms with van der Waals surface area (Å²) in [5.41, 5.74) is 1.56. The van der Waals surface area contributed by atoms with Crippen molar-refractivity contribution in [2.75, 3.05) is 0 Å². The van der Waals surface area contributed by atoms with Crippen molar-refractivity contribution in [3.63, 3.8) is 0 Å². The highest BCUT2D eigenvalue weighted by molar-refractivity contribution is 9.10. The van der Waals surface area contributed by atoms with Crippen LogP contribution in [-0.4, -0.2) is 11.3 Å². The van der Waals surface area contributed by atoms with Crippen molar-refractivity contribution in [3.8, 4) is 5.75 Å². The van der Waals surface area contributed by atoms with Crippen molar-refractivity contribution >= 4 is 27.8 Å². The second-order valence-electron chi connectivity index (χ2n) is 3.27. The van der Waals surface area contributed by atoms with Crippen molar-refractivity contribution in [2.45, 2.75) is 0 Å². The van der Waals surface area contributed by atoms with Crippen molar-refractivity contribution in [1.82, 2.24) is 0 Å². The SMILES string of the molecule is Oc1c(Br)cccc1C=Nc1ccccc1. The molecule has 0 saturated carbocycles. The van der Waals surface area contributed by atoms with Gasteiger partial charge in [-0.3, -0.25) is 4.99 Å². The summed E-state index contributed by atoms with van der Waals surface area (Å²) in [5, 5.41) is 9.74. The number of phenolic OH excluding ortho intramolecular Hbond substituents is 1. The van der Waals surface area contributed by atoms with Crippen molar-refractivity contribution in [1.29, 1.82) is 0 Å². The van der Waals surface area contributed by atoms with Gasteiger partial charge in [-0.2, -0.15) is 0 Å². The molecule has 0 saturated heterocycles. The van der Waals surface area contributed by atoms with Crippen molar-refractivity contribution < 1.29 is 5.11 Å². The molecule has 0 aliphatic heterocycles. The first kappa shape index (κ1) is 10.9. The Labute approximate surface area is 102 Å². The minimum atomic E-state index is 0.210. The number of rotatable bonds is 2. The molecule has 1 N–H and O–H groups in total. The van der Waals surface area contributed by atoms with Crippen LogP contribution in [0.3, 0.4) is 0 Å². The Hall–Kier alpha value is -1.61. The molecule has 0 fully saturated rings. The summed E-state index contributed by atoms with van der Waals surface area (Å²) in [6.45, 7) is 0. The summed E-state index contributed by atoms with van der Waals surface area (Å²) >= 11 is 3.26. The molecule has 0 spiro atoms. The van der Waals surface area contributed by atoms with Gasteiger partial charge in [-0.15, -0.1) is 0 Å². The van der Waals surface area contributed by atoms with E-state index in [9.17, 15) is 5.11 Å². The molecule has 0 aromatic heterocycles. The quantitative estimate of drug-likeness (QED) is 0.829. The zero-order valence-corrected chi connectivity index (χ0v) is 10.1. The first-order chi connectivity index (χ1) is 7.77. The van der Waals surface area contributed by atoms with E-state index in [1.165, 1.54) is 0 Å². The van der Waals surface area contributed by atoms with Crippen molar-refractivity contribution in [3.05, 3.63) is 58.6 Å². The molecule has 80 valence electrons. The normalized spacial score (nSPS) is 10.8. The van der Waals surface area contributed by atoms with Crippen LogP contribution in [0.5, 0.6) is 5.75 Å². The third-order valence-corrected chi connectivity index (χ3v) is 2.77. The van der Waals surface area contributed by atoms with Gasteiger partial charge in [0.15, 0.2) is 0 Å². The maximum Gasteiger partial charge on any atom is 0.138 e. The van der Waals surface area contributed by atoms with Gasteiger partial charge >= 0.3 is 0 Å². The van der Waals surface area contributed by atoms with Crippen LogP contribution >= 0.6 is 15.9 Å². The summed E-state index contributed by atoms with van der Waals surface area (Å²) in [4.78, 5) is 4.27. The number of nitrogens with zero attached hydrogens (tertiary/aromatic N) is 1. The Bertz CT molecular complexity index is 509. The lowest BCUT2D eigenvalue weighted by atomic mass is 10.2. The van der Waals surface area contributed by atoms with E-state index < -0.39 is 0 Å². The summed E-state index contributed by atoms with van der Waals surface area (Å²) in [6.07, 6.45) is 1.65. The Kier molecular flexibility index (Phi) is 3.37. The molecule has 2 aromatic rings. The zero-order valence-electron chi connectivity index (χ0n) is 8.47. The molecule has 0 atom stereocenters. The van der Waals surface area contributed by atoms with Crippen LogP contribution < -0.4 is 0 Å². The van der Waals surface area contributed by atoms with E-state index in [2.05, 4.69) is 20.9 Å². The van der Waals surface area contributed by atoms with E-state index in [-0.39, 0.29) is 5.75 Å². The predicted molar refractivity (Wildman–Crippen MR) is 69.5 cm³/mol. The number of hydrogen-bond acceptors (Lipinski definition) is 2. The molecular formula is C13H10BrNO. The molecule has 2 nitrogen and oxygen atoms in total. The van der Waals surface area contributed by atoms with Crippen LogP contribution in [-0.2, 0) is 0 Å². The molecular weight excluding hydrogens is 266 g/mol. The van der Waals surface area contributed by atoms with E-state index in [0.29, 0.717) is 10.0 Å². The fourth-order valence-corrected chi connectivity index (χ4v) is 1.68. The van der Waals surface area contributed by atoms with Gasteiger partial charge in [-0.05, 0) is 40.2 Å². The number of aliphatic imine (C=N–C) groups is 1. The van der Waals surface area contributed by atoms with E-state index in [0.717, 1.165) is 5.69 Å². The summed E-state index contributed by atoms with van der Waals surface area (Å²) in [6, 6.07) is 15.1. The minimum Gasteiger partial charge on any atom is -0.506 e. The first-order valence-electron chi connectivity index (χ1n) is 4.84. The van der Waals surface area contributed by atoms with Crippen LogP contribution in [0.2, 0.25) is 0 Å². The fraction of sp³-hybridized carbons (Fsp3) is 0. The average Bonchev–Trinajstić information content (AvgIpc) is 2.32. The number of hydrogen-bond donors (Lipinski definition) is 1. The molecule has 0 aliphatic carbocycles. The molecule has 16 heavy (non-hydrogen) atoms. The maximum absolute atomic E-state index is 9.74. The van der Waals surface area contributed by atoms with E-state index in [4.69, 9.17) is 0 Å². The Balaban J connectivity index is 2.28. The Morgan fingerprint density at radius 3 is 2.50 bits per heavy atom. The second kappa shape index (κ2) is 4.94. The number of para-hydroxylation sites is 2. The minimum absolute atomic E-state index is 0.210. The van der Waals surface area contributed by atoms with Gasteiger partial charge in [0.25, 0.3) is 0 Å². The molecule has 0 amide bonds.